The zero-order chi connectivity index (χ0) is 9.52. The molecule has 0 radical (unpaired) electrons. The molecule has 0 aromatic carbocycles. The predicted molar refractivity (Wildman–Crippen MR) is 53.2 cm³/mol. The predicted octanol–water partition coefficient (Wildman–Crippen LogP) is 0.114. The molecule has 70 valence electrons. The first-order valence-electron chi connectivity index (χ1n) is 4.00. The summed E-state index contributed by atoms with van der Waals surface area (Å²) in [5.41, 5.74) is 5.40. The monoisotopic (exact) mass is 179 g/mol. The van der Waals surface area contributed by atoms with Crippen molar-refractivity contribution in [3.8, 4) is 0 Å². The molecule has 1 heterocycles. The van der Waals surface area contributed by atoms with Gasteiger partial charge in [-0.1, -0.05) is 6.07 Å². The number of aromatic nitrogens is 1. The second-order valence-electron chi connectivity index (χ2n) is 2.51. The Bertz CT molecular complexity index is 269. The molecule has 0 saturated heterocycles. The van der Waals surface area contributed by atoms with Crippen molar-refractivity contribution in [2.45, 2.75) is 6.42 Å². The minimum Gasteiger partial charge on any atom is -0.386 e. The van der Waals surface area contributed by atoms with E-state index < -0.39 is 0 Å². The zero-order valence-corrected chi connectivity index (χ0v) is 7.27. The lowest BCUT2D eigenvalue weighted by atomic mass is 10.4. The molecule has 0 bridgehead atoms. The first-order chi connectivity index (χ1) is 6.33. The first-order valence-corrected chi connectivity index (χ1v) is 4.00. The molecule has 0 aliphatic heterocycles. The summed E-state index contributed by atoms with van der Waals surface area (Å²) in [6.45, 7) is 0.684. The summed E-state index contributed by atoms with van der Waals surface area (Å²) in [5, 5.41) is 6.44. The van der Waals surface area contributed by atoms with Gasteiger partial charge in [-0.2, -0.15) is 5.10 Å². The molecule has 1 aromatic heterocycles. The normalized spacial score (nSPS) is 11.2. The maximum Gasteiger partial charge on any atom is 0.125 e. The third-order valence-corrected chi connectivity index (χ3v) is 1.52. The molecule has 5 nitrogen and oxygen atoms in total. The number of hydrogen-bond donors (Lipinski definition) is 3. The van der Waals surface area contributed by atoms with Crippen LogP contribution in [0.15, 0.2) is 29.5 Å². The Hall–Kier alpha value is -1.78. The molecule has 5 N–H and O–H groups in total. The number of hydrogen-bond acceptors (Lipinski definition) is 4. The highest BCUT2D eigenvalue weighted by Gasteiger charge is 1.93. The van der Waals surface area contributed by atoms with Crippen LogP contribution in [-0.2, 0) is 0 Å². The number of rotatable bonds is 4. The second-order valence-corrected chi connectivity index (χ2v) is 2.51. The third kappa shape index (κ3) is 3.42. The quantitative estimate of drug-likeness (QED) is 0.265. The molecule has 1 aromatic rings. The van der Waals surface area contributed by atoms with E-state index in [-0.39, 0.29) is 0 Å². The van der Waals surface area contributed by atoms with Crippen molar-refractivity contribution in [2.24, 2.45) is 16.7 Å². The molecule has 0 spiro atoms. The van der Waals surface area contributed by atoms with Crippen LogP contribution in [0, 0.1) is 0 Å². The van der Waals surface area contributed by atoms with E-state index in [9.17, 15) is 0 Å². The van der Waals surface area contributed by atoms with Crippen molar-refractivity contribution in [3.63, 3.8) is 0 Å². The van der Waals surface area contributed by atoms with E-state index in [1.165, 1.54) is 0 Å². The van der Waals surface area contributed by atoms with E-state index in [0.29, 0.717) is 18.8 Å². The zero-order valence-electron chi connectivity index (χ0n) is 7.27. The summed E-state index contributed by atoms with van der Waals surface area (Å²) in [6, 6.07) is 5.66. The Kier molecular flexibility index (Phi) is 3.56. The second kappa shape index (κ2) is 4.97. The standard InChI is InChI=1S/C8H13N5/c9-7(13-10)4-6-12-8-3-1-2-5-11-8/h1-3,5H,4,6,10H2,(H2,9,13)(H,11,12). The smallest absolute Gasteiger partial charge is 0.125 e. The van der Waals surface area contributed by atoms with E-state index in [2.05, 4.69) is 15.4 Å². The Morgan fingerprint density at radius 1 is 1.54 bits per heavy atom. The van der Waals surface area contributed by atoms with E-state index in [0.717, 1.165) is 5.82 Å². The minimum atomic E-state index is 0.434. The summed E-state index contributed by atoms with van der Waals surface area (Å²) in [7, 11) is 0. The number of nitrogens with zero attached hydrogens (tertiary/aromatic N) is 2. The number of amidine groups is 1. The molecule has 0 unspecified atom stereocenters. The summed E-state index contributed by atoms with van der Waals surface area (Å²) in [6.07, 6.45) is 2.34. The van der Waals surface area contributed by atoms with Gasteiger partial charge >= 0.3 is 0 Å². The van der Waals surface area contributed by atoms with Gasteiger partial charge in [-0.15, -0.1) is 0 Å². The minimum absolute atomic E-state index is 0.434. The van der Waals surface area contributed by atoms with Crippen molar-refractivity contribution < 1.29 is 0 Å². The van der Waals surface area contributed by atoms with Gasteiger partial charge in [0.05, 0.1) is 0 Å². The van der Waals surface area contributed by atoms with Crippen LogP contribution in [0.25, 0.3) is 0 Å². The summed E-state index contributed by atoms with van der Waals surface area (Å²) in [4.78, 5) is 4.08. The van der Waals surface area contributed by atoms with Gasteiger partial charge in [0, 0.05) is 19.2 Å². The number of hydrazone groups is 1. The Balaban J connectivity index is 2.28. The van der Waals surface area contributed by atoms with Gasteiger partial charge in [0.1, 0.15) is 11.7 Å². The molecule has 0 amide bonds. The molecule has 1 rings (SSSR count). The van der Waals surface area contributed by atoms with Crippen molar-refractivity contribution in [1.29, 1.82) is 0 Å². The lowest BCUT2D eigenvalue weighted by molar-refractivity contribution is 1.05. The van der Waals surface area contributed by atoms with E-state index >= 15 is 0 Å². The molecule has 0 aliphatic carbocycles. The van der Waals surface area contributed by atoms with Crippen LogP contribution >= 0.6 is 0 Å². The lowest BCUT2D eigenvalue weighted by Crippen LogP contribution is -2.18. The van der Waals surface area contributed by atoms with E-state index in [1.807, 2.05) is 18.2 Å². The average molecular weight is 179 g/mol. The molecule has 0 saturated carbocycles. The van der Waals surface area contributed by atoms with Gasteiger partial charge in [0.15, 0.2) is 0 Å². The van der Waals surface area contributed by atoms with Crippen molar-refractivity contribution >= 4 is 11.7 Å². The molecule has 0 fully saturated rings. The van der Waals surface area contributed by atoms with Gasteiger partial charge in [-0.25, -0.2) is 4.98 Å². The first kappa shape index (κ1) is 9.31. The highest BCUT2D eigenvalue weighted by Crippen LogP contribution is 1.98. The summed E-state index contributed by atoms with van der Waals surface area (Å²) >= 11 is 0. The number of nitrogens with two attached hydrogens (primary N) is 2. The van der Waals surface area contributed by atoms with Gasteiger partial charge < -0.3 is 16.9 Å². The van der Waals surface area contributed by atoms with Crippen LogP contribution < -0.4 is 16.9 Å². The Morgan fingerprint density at radius 2 is 2.38 bits per heavy atom. The lowest BCUT2D eigenvalue weighted by Gasteiger charge is -2.03. The maximum absolute atomic E-state index is 5.40. The Morgan fingerprint density at radius 3 is 3.00 bits per heavy atom. The maximum atomic E-state index is 5.40. The van der Waals surface area contributed by atoms with Gasteiger partial charge in [0.2, 0.25) is 0 Å². The summed E-state index contributed by atoms with van der Waals surface area (Å²) in [5.74, 6) is 6.23. The fraction of sp³-hybridized carbons (Fsp3) is 0.250. The molecule has 13 heavy (non-hydrogen) atoms. The van der Waals surface area contributed by atoms with E-state index in [1.54, 1.807) is 6.20 Å². The fourth-order valence-electron chi connectivity index (χ4n) is 0.851. The topological polar surface area (TPSA) is 89.3 Å². The molecule has 0 atom stereocenters. The molecular formula is C8H13N5. The SMILES string of the molecule is NN=C(N)CCNc1ccccn1. The van der Waals surface area contributed by atoms with Gasteiger partial charge in [-0.3, -0.25) is 0 Å². The van der Waals surface area contributed by atoms with Gasteiger partial charge in [0.25, 0.3) is 0 Å². The van der Waals surface area contributed by atoms with Crippen LogP contribution in [0.2, 0.25) is 0 Å². The van der Waals surface area contributed by atoms with Crippen molar-refractivity contribution in [2.75, 3.05) is 11.9 Å². The molecule has 5 heteroatoms. The van der Waals surface area contributed by atoms with Gasteiger partial charge in [-0.05, 0) is 12.1 Å². The fourth-order valence-corrected chi connectivity index (χ4v) is 0.851. The molecular weight excluding hydrogens is 166 g/mol. The molecule has 0 aliphatic rings. The van der Waals surface area contributed by atoms with Crippen LogP contribution in [0.5, 0.6) is 0 Å². The number of anilines is 1. The number of nitrogens with one attached hydrogen (secondary N) is 1. The number of pyridine rings is 1. The van der Waals surface area contributed by atoms with Crippen LogP contribution in [-0.4, -0.2) is 17.4 Å². The van der Waals surface area contributed by atoms with Crippen LogP contribution in [0.4, 0.5) is 5.82 Å². The third-order valence-electron chi connectivity index (χ3n) is 1.52. The van der Waals surface area contributed by atoms with Crippen molar-refractivity contribution in [1.82, 2.24) is 4.98 Å². The van der Waals surface area contributed by atoms with Crippen molar-refractivity contribution in [3.05, 3.63) is 24.4 Å². The van der Waals surface area contributed by atoms with Crippen LogP contribution in [0.3, 0.4) is 0 Å². The highest BCUT2D eigenvalue weighted by molar-refractivity contribution is 5.80. The summed E-state index contributed by atoms with van der Waals surface area (Å²) < 4.78 is 0. The van der Waals surface area contributed by atoms with Crippen LogP contribution in [0.1, 0.15) is 6.42 Å². The van der Waals surface area contributed by atoms with E-state index in [4.69, 9.17) is 11.6 Å². The Labute approximate surface area is 76.8 Å². The average Bonchev–Trinajstić information content (AvgIpc) is 2.19. The highest BCUT2D eigenvalue weighted by atomic mass is 15.2. The largest absolute Gasteiger partial charge is 0.386 e.